The Hall–Kier alpha value is -1.44. The fourth-order valence-corrected chi connectivity index (χ4v) is 2.87. The van der Waals surface area contributed by atoms with Gasteiger partial charge in [-0.05, 0) is 19.2 Å². The van der Waals surface area contributed by atoms with Crippen LogP contribution in [0.2, 0.25) is 0 Å². The second kappa shape index (κ2) is 5.05. The zero-order valence-electron chi connectivity index (χ0n) is 9.94. The van der Waals surface area contributed by atoms with E-state index >= 15 is 0 Å². The van der Waals surface area contributed by atoms with Gasteiger partial charge in [-0.3, -0.25) is 0 Å². The molecule has 0 spiro atoms. The first-order chi connectivity index (χ1) is 8.54. The molecule has 1 aliphatic heterocycles. The molecular formula is C11H15N3O3S. The summed E-state index contributed by atoms with van der Waals surface area (Å²) >= 11 is 0. The van der Waals surface area contributed by atoms with Crippen molar-refractivity contribution in [3.63, 3.8) is 0 Å². The van der Waals surface area contributed by atoms with Gasteiger partial charge < -0.3 is 15.3 Å². The van der Waals surface area contributed by atoms with Crippen molar-refractivity contribution < 1.29 is 13.5 Å². The predicted octanol–water partition coefficient (Wildman–Crippen LogP) is -0.196. The molecule has 6 nitrogen and oxygen atoms in total. The number of nitrogens with one attached hydrogen (secondary N) is 1. The number of hydrogen-bond donors (Lipinski definition) is 2. The minimum absolute atomic E-state index is 0.171. The molecule has 18 heavy (non-hydrogen) atoms. The highest BCUT2D eigenvalue weighted by Crippen LogP contribution is 2.28. The highest BCUT2D eigenvalue weighted by Gasteiger charge is 2.25. The number of hydrogen-bond acceptors (Lipinski definition) is 5. The zero-order valence-corrected chi connectivity index (χ0v) is 10.8. The van der Waals surface area contributed by atoms with Gasteiger partial charge in [0.15, 0.2) is 0 Å². The van der Waals surface area contributed by atoms with Gasteiger partial charge in [-0.2, -0.15) is 8.42 Å². The van der Waals surface area contributed by atoms with Crippen molar-refractivity contribution in [2.45, 2.75) is 11.0 Å². The molecule has 1 aliphatic rings. The lowest BCUT2D eigenvalue weighted by molar-refractivity contribution is 0.183. The van der Waals surface area contributed by atoms with Crippen LogP contribution in [0.25, 0.3) is 0 Å². The summed E-state index contributed by atoms with van der Waals surface area (Å²) < 4.78 is 27.0. The van der Waals surface area contributed by atoms with E-state index < -0.39 is 16.1 Å². The van der Waals surface area contributed by atoms with E-state index in [1.807, 2.05) is 0 Å². The Labute approximate surface area is 106 Å². The largest absolute Gasteiger partial charge is 0.390 e. The summed E-state index contributed by atoms with van der Waals surface area (Å²) in [4.78, 5) is 1.81. The molecule has 1 atom stereocenters. The SMILES string of the molecule is CNCC(O)CN1C=NS(=O)(=O)c2ccccc21. The molecule has 2 rings (SSSR count). The predicted molar refractivity (Wildman–Crippen MR) is 69.4 cm³/mol. The summed E-state index contributed by atoms with van der Waals surface area (Å²) in [5.74, 6) is 0. The van der Waals surface area contributed by atoms with E-state index in [1.54, 1.807) is 30.1 Å². The second-order valence-electron chi connectivity index (χ2n) is 4.03. The molecule has 1 aromatic rings. The molecule has 0 saturated carbocycles. The third kappa shape index (κ3) is 2.53. The van der Waals surface area contributed by atoms with E-state index in [1.165, 1.54) is 12.4 Å². The lowest BCUT2D eigenvalue weighted by Gasteiger charge is -2.26. The summed E-state index contributed by atoms with van der Waals surface area (Å²) in [6.45, 7) is 0.718. The van der Waals surface area contributed by atoms with Gasteiger partial charge in [0.2, 0.25) is 0 Å². The van der Waals surface area contributed by atoms with E-state index in [0.717, 1.165) is 0 Å². The van der Waals surface area contributed by atoms with Gasteiger partial charge >= 0.3 is 0 Å². The Morgan fingerprint density at radius 2 is 2.17 bits per heavy atom. The Kier molecular flexibility index (Phi) is 3.65. The van der Waals surface area contributed by atoms with Crippen molar-refractivity contribution in [3.8, 4) is 0 Å². The van der Waals surface area contributed by atoms with Gasteiger partial charge in [0, 0.05) is 6.54 Å². The molecule has 0 bridgehead atoms. The van der Waals surface area contributed by atoms with Gasteiger partial charge in [-0.1, -0.05) is 12.1 Å². The van der Waals surface area contributed by atoms with Crippen molar-refractivity contribution in [1.29, 1.82) is 0 Å². The van der Waals surface area contributed by atoms with Gasteiger partial charge in [0.05, 0.1) is 18.3 Å². The smallest absolute Gasteiger partial charge is 0.285 e. The normalized spacial score (nSPS) is 18.4. The van der Waals surface area contributed by atoms with Crippen molar-refractivity contribution in [3.05, 3.63) is 24.3 Å². The Morgan fingerprint density at radius 1 is 1.44 bits per heavy atom. The van der Waals surface area contributed by atoms with Gasteiger partial charge in [0.1, 0.15) is 11.2 Å². The van der Waals surface area contributed by atoms with Gasteiger partial charge in [-0.25, -0.2) is 0 Å². The van der Waals surface area contributed by atoms with Crippen LogP contribution >= 0.6 is 0 Å². The molecule has 0 aliphatic carbocycles. The van der Waals surface area contributed by atoms with Crippen LogP contribution in [0.4, 0.5) is 5.69 Å². The first kappa shape index (κ1) is 13.0. The number of benzene rings is 1. The van der Waals surface area contributed by atoms with Crippen molar-refractivity contribution in [2.24, 2.45) is 4.40 Å². The van der Waals surface area contributed by atoms with E-state index in [4.69, 9.17) is 0 Å². The number of aliphatic hydroxyl groups is 1. The fourth-order valence-electron chi connectivity index (χ4n) is 1.82. The Morgan fingerprint density at radius 3 is 2.89 bits per heavy atom. The minimum Gasteiger partial charge on any atom is -0.390 e. The maximum Gasteiger partial charge on any atom is 0.285 e. The highest BCUT2D eigenvalue weighted by atomic mass is 32.2. The van der Waals surface area contributed by atoms with Crippen LogP contribution in [0.3, 0.4) is 0 Å². The maximum atomic E-state index is 11.7. The molecule has 98 valence electrons. The standard InChI is InChI=1S/C11H15N3O3S/c1-12-6-9(15)7-14-8-13-18(16,17)11-5-3-2-4-10(11)14/h2-5,8-9,12,15H,6-7H2,1H3. The number of anilines is 1. The number of β-amino-alcohol motifs (C(OH)–C–C–N with tert-alkyl or cyclic N) is 1. The number of aliphatic hydroxyl groups excluding tert-OH is 1. The molecular weight excluding hydrogens is 254 g/mol. The van der Waals surface area contributed by atoms with E-state index in [-0.39, 0.29) is 11.4 Å². The summed E-state index contributed by atoms with van der Waals surface area (Å²) in [5, 5.41) is 12.6. The molecule has 1 aromatic carbocycles. The van der Waals surface area contributed by atoms with Crippen LogP contribution in [-0.2, 0) is 10.0 Å². The second-order valence-corrected chi connectivity index (χ2v) is 5.63. The average molecular weight is 269 g/mol. The zero-order chi connectivity index (χ0) is 13.2. The molecule has 0 fully saturated rings. The summed E-state index contributed by atoms with van der Waals surface area (Å²) in [6, 6.07) is 6.62. The number of rotatable bonds is 4. The van der Waals surface area contributed by atoms with Crippen LogP contribution in [0.15, 0.2) is 33.6 Å². The quantitative estimate of drug-likeness (QED) is 0.791. The van der Waals surface area contributed by atoms with E-state index in [0.29, 0.717) is 12.2 Å². The summed E-state index contributed by atoms with van der Waals surface area (Å²) in [7, 11) is -1.85. The van der Waals surface area contributed by atoms with Crippen molar-refractivity contribution >= 4 is 22.0 Å². The lowest BCUT2D eigenvalue weighted by atomic mass is 10.2. The van der Waals surface area contributed by atoms with Crippen LogP contribution in [0.5, 0.6) is 0 Å². The fraction of sp³-hybridized carbons (Fsp3) is 0.364. The van der Waals surface area contributed by atoms with Gasteiger partial charge in [-0.15, -0.1) is 4.40 Å². The Bertz CT molecular complexity index is 556. The maximum absolute atomic E-state index is 11.7. The molecule has 0 amide bonds. The number of fused-ring (bicyclic) bond motifs is 1. The first-order valence-corrected chi connectivity index (χ1v) is 6.97. The molecule has 7 heteroatoms. The number of likely N-dealkylation sites (N-methyl/N-ethyl adjacent to an activating group) is 1. The topological polar surface area (TPSA) is 82.0 Å². The minimum atomic E-state index is -3.59. The molecule has 2 N–H and O–H groups in total. The molecule has 1 unspecified atom stereocenters. The van der Waals surface area contributed by atoms with Crippen LogP contribution < -0.4 is 10.2 Å². The molecule has 1 heterocycles. The van der Waals surface area contributed by atoms with E-state index in [2.05, 4.69) is 9.71 Å². The highest BCUT2D eigenvalue weighted by molar-refractivity contribution is 7.90. The van der Waals surface area contributed by atoms with E-state index in [9.17, 15) is 13.5 Å². The molecule has 0 radical (unpaired) electrons. The average Bonchev–Trinajstić information content (AvgIpc) is 2.34. The third-order valence-electron chi connectivity index (χ3n) is 2.63. The third-order valence-corrected chi connectivity index (χ3v) is 3.90. The number of nitrogens with zero attached hydrogens (tertiary/aromatic N) is 2. The first-order valence-electron chi connectivity index (χ1n) is 5.53. The monoisotopic (exact) mass is 269 g/mol. The Balaban J connectivity index is 2.30. The summed E-state index contributed by atoms with van der Waals surface area (Å²) in [5.41, 5.74) is 0.544. The summed E-state index contributed by atoms with van der Waals surface area (Å²) in [6.07, 6.45) is 0.645. The van der Waals surface area contributed by atoms with Crippen LogP contribution in [0, 0.1) is 0 Å². The van der Waals surface area contributed by atoms with Crippen LogP contribution in [-0.4, -0.2) is 46.1 Å². The molecule has 0 aromatic heterocycles. The van der Waals surface area contributed by atoms with Gasteiger partial charge in [0.25, 0.3) is 10.0 Å². The molecule has 0 saturated heterocycles. The van der Waals surface area contributed by atoms with Crippen LogP contribution in [0.1, 0.15) is 0 Å². The van der Waals surface area contributed by atoms with Crippen molar-refractivity contribution in [2.75, 3.05) is 25.0 Å². The lowest BCUT2D eigenvalue weighted by Crippen LogP contribution is -2.38. The number of sulfonamides is 1. The van der Waals surface area contributed by atoms with Crippen molar-refractivity contribution in [1.82, 2.24) is 5.32 Å². The number of para-hydroxylation sites is 1.